The van der Waals surface area contributed by atoms with Gasteiger partial charge in [0.1, 0.15) is 0 Å². The average Bonchev–Trinajstić information content (AvgIpc) is 3.02. The number of aromatic nitrogens is 2. The SMILES string of the molecule is CC1=C(O)C(=O)N(CCCn2ccnc2)C1C=CC(C)C. The molecule has 0 bridgehead atoms. The molecule has 0 aliphatic carbocycles. The van der Waals surface area contributed by atoms with Gasteiger partial charge in [0.2, 0.25) is 0 Å². The molecule has 1 aliphatic rings. The van der Waals surface area contributed by atoms with Crippen molar-refractivity contribution in [3.63, 3.8) is 0 Å². The number of aryl methyl sites for hydroxylation is 1. The van der Waals surface area contributed by atoms with E-state index in [-0.39, 0.29) is 17.7 Å². The number of hydrogen-bond acceptors (Lipinski definition) is 3. The fourth-order valence-electron chi connectivity index (χ4n) is 2.46. The molecular formula is C16H23N3O2. The van der Waals surface area contributed by atoms with Gasteiger partial charge < -0.3 is 14.6 Å². The lowest BCUT2D eigenvalue weighted by molar-refractivity contribution is -0.128. The molecule has 2 heterocycles. The van der Waals surface area contributed by atoms with E-state index >= 15 is 0 Å². The lowest BCUT2D eigenvalue weighted by Crippen LogP contribution is -2.35. The number of carbonyl (C=O) groups is 1. The first-order valence-electron chi connectivity index (χ1n) is 7.35. The lowest BCUT2D eigenvalue weighted by atomic mass is 10.1. The minimum absolute atomic E-state index is 0.101. The maximum absolute atomic E-state index is 12.1. The molecule has 1 aliphatic heterocycles. The summed E-state index contributed by atoms with van der Waals surface area (Å²) in [7, 11) is 0. The molecule has 0 saturated heterocycles. The van der Waals surface area contributed by atoms with Crippen molar-refractivity contribution >= 4 is 5.91 Å². The van der Waals surface area contributed by atoms with Gasteiger partial charge in [0.25, 0.3) is 5.91 Å². The maximum Gasteiger partial charge on any atom is 0.289 e. The van der Waals surface area contributed by atoms with Gasteiger partial charge >= 0.3 is 0 Å². The van der Waals surface area contributed by atoms with E-state index in [1.165, 1.54) is 0 Å². The van der Waals surface area contributed by atoms with Crippen LogP contribution in [0.3, 0.4) is 0 Å². The number of carbonyl (C=O) groups excluding carboxylic acids is 1. The van der Waals surface area contributed by atoms with Crippen molar-refractivity contribution in [3.05, 3.63) is 42.2 Å². The quantitative estimate of drug-likeness (QED) is 0.819. The second-order valence-corrected chi connectivity index (χ2v) is 5.76. The van der Waals surface area contributed by atoms with Crippen LogP contribution in [-0.2, 0) is 11.3 Å². The average molecular weight is 289 g/mol. The summed E-state index contributed by atoms with van der Waals surface area (Å²) in [6, 6.07) is -0.123. The summed E-state index contributed by atoms with van der Waals surface area (Å²) in [5.41, 5.74) is 0.736. The largest absolute Gasteiger partial charge is 0.503 e. The van der Waals surface area contributed by atoms with Crippen molar-refractivity contribution in [1.82, 2.24) is 14.5 Å². The number of aliphatic hydroxyl groups is 1. The summed E-state index contributed by atoms with van der Waals surface area (Å²) < 4.78 is 1.99. The van der Waals surface area contributed by atoms with Gasteiger partial charge in [-0.05, 0) is 19.3 Å². The van der Waals surface area contributed by atoms with Crippen LogP contribution in [0.25, 0.3) is 0 Å². The van der Waals surface area contributed by atoms with Gasteiger partial charge in [-0.25, -0.2) is 4.98 Å². The highest BCUT2D eigenvalue weighted by Crippen LogP contribution is 2.25. The summed E-state index contributed by atoms with van der Waals surface area (Å²) in [4.78, 5) is 17.9. The van der Waals surface area contributed by atoms with E-state index in [9.17, 15) is 9.90 Å². The number of allylic oxidation sites excluding steroid dienone is 1. The fourth-order valence-corrected chi connectivity index (χ4v) is 2.46. The van der Waals surface area contributed by atoms with Crippen molar-refractivity contribution in [2.45, 2.75) is 39.8 Å². The van der Waals surface area contributed by atoms with E-state index < -0.39 is 0 Å². The second-order valence-electron chi connectivity index (χ2n) is 5.76. The minimum Gasteiger partial charge on any atom is -0.503 e. The molecule has 21 heavy (non-hydrogen) atoms. The number of amides is 1. The highest BCUT2D eigenvalue weighted by Gasteiger charge is 2.35. The predicted molar refractivity (Wildman–Crippen MR) is 81.7 cm³/mol. The van der Waals surface area contributed by atoms with Crippen LogP contribution in [0.2, 0.25) is 0 Å². The van der Waals surface area contributed by atoms with Gasteiger partial charge in [0, 0.05) is 31.1 Å². The predicted octanol–water partition coefficient (Wildman–Crippen LogP) is 2.53. The summed E-state index contributed by atoms with van der Waals surface area (Å²) in [6.07, 6.45) is 10.3. The number of nitrogens with zero attached hydrogens (tertiary/aromatic N) is 3. The van der Waals surface area contributed by atoms with Crippen LogP contribution in [0.1, 0.15) is 27.2 Å². The maximum atomic E-state index is 12.1. The second kappa shape index (κ2) is 6.61. The third kappa shape index (κ3) is 3.54. The van der Waals surface area contributed by atoms with Gasteiger partial charge in [0.15, 0.2) is 5.76 Å². The van der Waals surface area contributed by atoms with Gasteiger partial charge in [-0.2, -0.15) is 0 Å². The lowest BCUT2D eigenvalue weighted by Gasteiger charge is -2.23. The van der Waals surface area contributed by atoms with Crippen LogP contribution < -0.4 is 0 Å². The molecule has 0 fully saturated rings. The highest BCUT2D eigenvalue weighted by atomic mass is 16.3. The molecule has 0 saturated carbocycles. The van der Waals surface area contributed by atoms with E-state index in [4.69, 9.17) is 0 Å². The van der Waals surface area contributed by atoms with Crippen LogP contribution in [0, 0.1) is 5.92 Å². The topological polar surface area (TPSA) is 58.4 Å². The monoisotopic (exact) mass is 289 g/mol. The Kier molecular flexibility index (Phi) is 4.83. The molecule has 1 atom stereocenters. The molecule has 0 aromatic carbocycles. The van der Waals surface area contributed by atoms with Crippen LogP contribution in [0.4, 0.5) is 0 Å². The Labute approximate surface area is 125 Å². The number of rotatable bonds is 6. The van der Waals surface area contributed by atoms with Crippen LogP contribution in [-0.4, -0.2) is 38.1 Å². The molecular weight excluding hydrogens is 266 g/mol. The first-order valence-corrected chi connectivity index (χ1v) is 7.35. The molecule has 1 amide bonds. The van der Waals surface area contributed by atoms with E-state index in [0.717, 1.165) is 18.5 Å². The Morgan fingerprint density at radius 2 is 2.19 bits per heavy atom. The normalized spacial score (nSPS) is 19.5. The zero-order chi connectivity index (χ0) is 15.4. The number of imidazole rings is 1. The van der Waals surface area contributed by atoms with E-state index in [2.05, 4.69) is 24.9 Å². The Balaban J connectivity index is 2.00. The molecule has 1 N–H and O–H groups in total. The molecule has 0 radical (unpaired) electrons. The molecule has 1 aromatic heterocycles. The Hall–Kier alpha value is -2.04. The number of aliphatic hydroxyl groups excluding tert-OH is 1. The van der Waals surface area contributed by atoms with Crippen molar-refractivity contribution in [2.24, 2.45) is 5.92 Å². The van der Waals surface area contributed by atoms with Crippen molar-refractivity contribution in [3.8, 4) is 0 Å². The van der Waals surface area contributed by atoms with Gasteiger partial charge in [-0.3, -0.25) is 4.79 Å². The van der Waals surface area contributed by atoms with E-state index in [1.54, 1.807) is 17.4 Å². The Morgan fingerprint density at radius 3 is 2.81 bits per heavy atom. The third-order valence-electron chi connectivity index (χ3n) is 3.67. The fraction of sp³-hybridized carbons (Fsp3) is 0.500. The van der Waals surface area contributed by atoms with Crippen molar-refractivity contribution in [2.75, 3.05) is 6.54 Å². The van der Waals surface area contributed by atoms with Crippen LogP contribution >= 0.6 is 0 Å². The third-order valence-corrected chi connectivity index (χ3v) is 3.67. The molecule has 5 nitrogen and oxygen atoms in total. The standard InChI is InChI=1S/C16H23N3O2/c1-12(2)5-6-14-13(3)15(20)16(21)19(14)9-4-8-18-10-7-17-11-18/h5-7,10-12,14,20H,4,8-9H2,1-3H3. The Bertz CT molecular complexity index is 544. The first-order chi connectivity index (χ1) is 10.0. The summed E-state index contributed by atoms with van der Waals surface area (Å²) >= 11 is 0. The Morgan fingerprint density at radius 1 is 1.43 bits per heavy atom. The molecule has 1 aromatic rings. The molecule has 0 spiro atoms. The summed E-state index contributed by atoms with van der Waals surface area (Å²) in [5.74, 6) is 0.0519. The summed E-state index contributed by atoms with van der Waals surface area (Å²) in [5, 5.41) is 9.89. The van der Waals surface area contributed by atoms with E-state index in [0.29, 0.717) is 12.5 Å². The van der Waals surface area contributed by atoms with Gasteiger partial charge in [-0.15, -0.1) is 0 Å². The van der Waals surface area contributed by atoms with Crippen molar-refractivity contribution < 1.29 is 9.90 Å². The minimum atomic E-state index is -0.267. The molecule has 2 rings (SSSR count). The highest BCUT2D eigenvalue weighted by molar-refractivity contribution is 5.95. The van der Waals surface area contributed by atoms with E-state index in [1.807, 2.05) is 23.8 Å². The zero-order valence-electron chi connectivity index (χ0n) is 12.9. The molecule has 5 heteroatoms. The van der Waals surface area contributed by atoms with Crippen LogP contribution in [0.5, 0.6) is 0 Å². The van der Waals surface area contributed by atoms with Crippen LogP contribution in [0.15, 0.2) is 42.2 Å². The van der Waals surface area contributed by atoms with Gasteiger partial charge in [-0.1, -0.05) is 26.0 Å². The molecule has 1 unspecified atom stereocenters. The number of hydrogen-bond donors (Lipinski definition) is 1. The zero-order valence-corrected chi connectivity index (χ0v) is 12.9. The molecule has 114 valence electrons. The first kappa shape index (κ1) is 15.4. The smallest absolute Gasteiger partial charge is 0.289 e. The summed E-state index contributed by atoms with van der Waals surface area (Å²) in [6.45, 7) is 7.43. The van der Waals surface area contributed by atoms with Crippen molar-refractivity contribution in [1.29, 1.82) is 0 Å². The van der Waals surface area contributed by atoms with Gasteiger partial charge in [0.05, 0.1) is 12.4 Å².